The minimum absolute atomic E-state index is 0.0389. The molecule has 264 valence electrons. The third-order valence-electron chi connectivity index (χ3n) is 9.89. The van der Waals surface area contributed by atoms with Gasteiger partial charge in [-0.25, -0.2) is 8.42 Å². The third-order valence-corrected chi connectivity index (χ3v) is 11.1. The van der Waals surface area contributed by atoms with Gasteiger partial charge in [0.25, 0.3) is 0 Å². The quantitative estimate of drug-likeness (QED) is 0.321. The number of nitrogens with one attached hydrogen (secondary N) is 1. The van der Waals surface area contributed by atoms with Gasteiger partial charge in [-0.3, -0.25) is 14.3 Å². The summed E-state index contributed by atoms with van der Waals surface area (Å²) >= 11 is 0. The second kappa shape index (κ2) is 14.6. The Bertz CT molecular complexity index is 1770. The van der Waals surface area contributed by atoms with Crippen LogP contribution in [0.1, 0.15) is 60.1 Å². The number of fused-ring (bicyclic) bond motifs is 1. The van der Waals surface area contributed by atoms with E-state index in [9.17, 15) is 31.2 Å². The molecular formula is C35H43F3N6O4S. The van der Waals surface area contributed by atoms with Gasteiger partial charge in [0.15, 0.2) is 0 Å². The van der Waals surface area contributed by atoms with Crippen LogP contribution in [0, 0.1) is 0 Å². The number of piperidine rings is 1. The molecule has 0 saturated carbocycles. The highest BCUT2D eigenvalue weighted by atomic mass is 32.2. The molecule has 2 amide bonds. The second-order valence-electron chi connectivity index (χ2n) is 13.3. The number of aromatic nitrogens is 2. The molecule has 0 atom stereocenters. The molecule has 4 heterocycles. The average Bonchev–Trinajstić information content (AvgIpc) is 3.66. The fourth-order valence-electron chi connectivity index (χ4n) is 7.32. The second-order valence-corrected chi connectivity index (χ2v) is 15.3. The Morgan fingerprint density at radius 3 is 2.43 bits per heavy atom. The molecule has 6 rings (SSSR count). The van der Waals surface area contributed by atoms with Crippen molar-refractivity contribution in [2.24, 2.45) is 0 Å². The van der Waals surface area contributed by atoms with Crippen molar-refractivity contribution >= 4 is 21.8 Å². The molecule has 2 saturated heterocycles. The highest BCUT2D eigenvalue weighted by molar-refractivity contribution is 7.88. The van der Waals surface area contributed by atoms with Crippen molar-refractivity contribution < 1.29 is 31.2 Å². The fraction of sp³-hybridized carbons (Fsp3) is 0.514. The zero-order valence-corrected chi connectivity index (χ0v) is 28.5. The molecule has 14 heteroatoms. The number of carbonyl (C=O) groups is 2. The molecule has 2 fully saturated rings. The number of likely N-dealkylation sites (tertiary alicyclic amines) is 2. The van der Waals surface area contributed by atoms with Gasteiger partial charge in [0.1, 0.15) is 0 Å². The van der Waals surface area contributed by atoms with Crippen LogP contribution in [-0.4, -0.2) is 89.1 Å². The number of benzene rings is 2. The van der Waals surface area contributed by atoms with E-state index < -0.39 is 27.7 Å². The van der Waals surface area contributed by atoms with Gasteiger partial charge < -0.3 is 15.1 Å². The van der Waals surface area contributed by atoms with Crippen molar-refractivity contribution in [2.75, 3.05) is 39.0 Å². The Labute approximate surface area is 285 Å². The number of hydrogen-bond donors (Lipinski definition) is 1. The fourth-order valence-corrected chi connectivity index (χ4v) is 8.11. The zero-order valence-electron chi connectivity index (χ0n) is 27.7. The SMILES string of the molecule is CS(=O)(=O)N1CCc2c(c(-c3ccc(C(F)(F)F)c(CNC(=O)Cc4ccccc4)c3)nn2CCCN2CCC(N3CCCC3=O)CC2)C1. The van der Waals surface area contributed by atoms with E-state index in [1.54, 1.807) is 24.3 Å². The summed E-state index contributed by atoms with van der Waals surface area (Å²) in [5.41, 5.74) is 2.27. The van der Waals surface area contributed by atoms with Gasteiger partial charge in [0, 0.05) is 81.5 Å². The maximum atomic E-state index is 14.1. The van der Waals surface area contributed by atoms with E-state index in [0.717, 1.165) is 75.4 Å². The number of aryl methyl sites for hydroxylation is 1. The third kappa shape index (κ3) is 8.35. The molecule has 3 aromatic rings. The van der Waals surface area contributed by atoms with E-state index in [-0.39, 0.29) is 31.0 Å². The Morgan fingerprint density at radius 1 is 1.00 bits per heavy atom. The van der Waals surface area contributed by atoms with Crippen LogP contribution in [-0.2, 0) is 58.3 Å². The largest absolute Gasteiger partial charge is 0.416 e. The first-order valence-electron chi connectivity index (χ1n) is 16.9. The molecule has 0 aliphatic carbocycles. The average molecular weight is 701 g/mol. The molecule has 0 bridgehead atoms. The van der Waals surface area contributed by atoms with Crippen molar-refractivity contribution in [3.63, 3.8) is 0 Å². The van der Waals surface area contributed by atoms with Gasteiger partial charge in [-0.1, -0.05) is 36.4 Å². The first-order valence-corrected chi connectivity index (χ1v) is 18.8. The van der Waals surface area contributed by atoms with E-state index in [4.69, 9.17) is 5.10 Å². The van der Waals surface area contributed by atoms with Gasteiger partial charge in [-0.2, -0.15) is 22.6 Å². The van der Waals surface area contributed by atoms with Crippen LogP contribution < -0.4 is 5.32 Å². The summed E-state index contributed by atoms with van der Waals surface area (Å²) in [5, 5.41) is 7.52. The lowest BCUT2D eigenvalue weighted by molar-refractivity contribution is -0.138. The van der Waals surface area contributed by atoms with Crippen molar-refractivity contribution in [3.05, 3.63) is 76.5 Å². The van der Waals surface area contributed by atoms with Crippen molar-refractivity contribution in [3.8, 4) is 11.3 Å². The van der Waals surface area contributed by atoms with E-state index in [1.165, 1.54) is 16.4 Å². The molecule has 2 aromatic carbocycles. The Hall–Kier alpha value is -3.75. The van der Waals surface area contributed by atoms with E-state index >= 15 is 0 Å². The number of carbonyl (C=O) groups excluding carboxylic acids is 2. The number of halogens is 3. The summed E-state index contributed by atoms with van der Waals surface area (Å²) in [4.78, 5) is 29.3. The minimum Gasteiger partial charge on any atom is -0.352 e. The van der Waals surface area contributed by atoms with Crippen LogP contribution in [0.3, 0.4) is 0 Å². The summed E-state index contributed by atoms with van der Waals surface area (Å²) in [5.74, 6) is -0.135. The molecule has 3 aliphatic rings. The highest BCUT2D eigenvalue weighted by Gasteiger charge is 2.35. The molecule has 1 aromatic heterocycles. The maximum absolute atomic E-state index is 14.1. The maximum Gasteiger partial charge on any atom is 0.416 e. The smallest absolute Gasteiger partial charge is 0.352 e. The molecule has 49 heavy (non-hydrogen) atoms. The molecule has 1 N–H and O–H groups in total. The summed E-state index contributed by atoms with van der Waals surface area (Å²) < 4.78 is 70.6. The van der Waals surface area contributed by atoms with Gasteiger partial charge in [0.05, 0.1) is 23.9 Å². The van der Waals surface area contributed by atoms with Gasteiger partial charge in [-0.15, -0.1) is 0 Å². The number of rotatable bonds is 11. The van der Waals surface area contributed by atoms with E-state index in [2.05, 4.69) is 10.2 Å². The number of hydrogen-bond acceptors (Lipinski definition) is 6. The summed E-state index contributed by atoms with van der Waals surface area (Å²) in [6.07, 6.45) is 1.29. The molecule has 10 nitrogen and oxygen atoms in total. The van der Waals surface area contributed by atoms with Crippen molar-refractivity contribution in [1.82, 2.24) is 29.2 Å². The van der Waals surface area contributed by atoms with Crippen molar-refractivity contribution in [1.29, 1.82) is 0 Å². The Kier molecular flexibility index (Phi) is 10.5. The number of nitrogens with zero attached hydrogens (tertiary/aromatic N) is 5. The Balaban J connectivity index is 1.20. The van der Waals surface area contributed by atoms with Crippen LogP contribution in [0.2, 0.25) is 0 Å². The highest BCUT2D eigenvalue weighted by Crippen LogP contribution is 2.37. The summed E-state index contributed by atoms with van der Waals surface area (Å²) in [6.45, 7) is 4.16. The van der Waals surface area contributed by atoms with Gasteiger partial charge >= 0.3 is 6.18 Å². The summed E-state index contributed by atoms with van der Waals surface area (Å²) in [6, 6.07) is 13.1. The van der Waals surface area contributed by atoms with Crippen LogP contribution in [0.25, 0.3) is 11.3 Å². The lowest BCUT2D eigenvalue weighted by Crippen LogP contribution is -2.45. The normalized spacial score (nSPS) is 18.2. The molecule has 0 unspecified atom stereocenters. The van der Waals surface area contributed by atoms with Crippen molar-refractivity contribution in [2.45, 2.75) is 76.8 Å². The lowest BCUT2D eigenvalue weighted by atomic mass is 9.97. The van der Waals surface area contributed by atoms with Gasteiger partial charge in [0.2, 0.25) is 21.8 Å². The van der Waals surface area contributed by atoms with E-state index in [0.29, 0.717) is 48.8 Å². The van der Waals surface area contributed by atoms with Crippen LogP contribution in [0.15, 0.2) is 48.5 Å². The monoisotopic (exact) mass is 700 g/mol. The summed E-state index contributed by atoms with van der Waals surface area (Å²) in [7, 11) is -3.51. The first-order chi connectivity index (χ1) is 23.4. The lowest BCUT2D eigenvalue weighted by Gasteiger charge is -2.36. The number of sulfonamides is 1. The van der Waals surface area contributed by atoms with Crippen LogP contribution in [0.5, 0.6) is 0 Å². The van der Waals surface area contributed by atoms with Crippen LogP contribution >= 0.6 is 0 Å². The predicted octanol–water partition coefficient (Wildman–Crippen LogP) is 4.22. The molecular weight excluding hydrogens is 657 g/mol. The molecule has 0 radical (unpaired) electrons. The predicted molar refractivity (Wildman–Crippen MR) is 179 cm³/mol. The topological polar surface area (TPSA) is 108 Å². The molecule has 0 spiro atoms. The number of alkyl halides is 3. The van der Waals surface area contributed by atoms with Gasteiger partial charge in [-0.05, 0) is 55.5 Å². The first kappa shape index (κ1) is 35.1. The Morgan fingerprint density at radius 2 is 1.76 bits per heavy atom. The standard InChI is InChI=1S/C35H43F3N6O4S/c1-49(47,48)42-20-14-31-29(24-42)34(40-44(31)17-6-15-41-18-12-28(13-19-41)43-16-5-9-33(43)46)26-10-11-30(35(36,37)38)27(22-26)23-39-32(45)21-25-7-3-2-4-8-25/h2-4,7-8,10-11,22,28H,5-6,9,12-21,23-24H2,1H3,(H,39,45). The number of amides is 2. The van der Waals surface area contributed by atoms with E-state index in [1.807, 2.05) is 15.6 Å². The zero-order chi connectivity index (χ0) is 34.8. The minimum atomic E-state index is -4.64. The molecule has 3 aliphatic heterocycles. The van der Waals surface area contributed by atoms with Crippen LogP contribution in [0.4, 0.5) is 13.2 Å².